The Hall–Kier alpha value is -0.607. The first-order valence-electron chi connectivity index (χ1n) is 7.44. The number of hydrogen-bond acceptors (Lipinski definition) is 2. The Morgan fingerprint density at radius 2 is 1.68 bits per heavy atom. The van der Waals surface area contributed by atoms with E-state index in [1.165, 1.54) is 12.8 Å². The summed E-state index contributed by atoms with van der Waals surface area (Å²) in [6, 6.07) is 9.66. The van der Waals surface area contributed by atoms with Crippen molar-refractivity contribution in [1.29, 1.82) is 0 Å². The first kappa shape index (κ1) is 16.4. The van der Waals surface area contributed by atoms with E-state index in [0.29, 0.717) is 4.62 Å². The molecule has 19 heavy (non-hydrogen) atoms. The molecule has 3 heteroatoms. The predicted octanol–water partition coefficient (Wildman–Crippen LogP) is 4.60. The van der Waals surface area contributed by atoms with E-state index < -0.39 is 13.6 Å². The fourth-order valence-corrected chi connectivity index (χ4v) is 8.42. The molecular weight excluding hydrogens is 297 g/mol. The van der Waals surface area contributed by atoms with Gasteiger partial charge in [0.2, 0.25) is 0 Å². The summed E-state index contributed by atoms with van der Waals surface area (Å²) in [6.07, 6.45) is 3.45. The molecule has 106 valence electrons. The minimum atomic E-state index is -2.85. The van der Waals surface area contributed by atoms with E-state index in [0.717, 1.165) is 29.1 Å². The van der Waals surface area contributed by atoms with E-state index in [4.69, 9.17) is 3.76 Å². The molecule has 0 fully saturated rings. The van der Waals surface area contributed by atoms with Crippen molar-refractivity contribution in [3.8, 4) is 0 Å². The van der Waals surface area contributed by atoms with Gasteiger partial charge in [-0.2, -0.15) is 0 Å². The van der Waals surface area contributed by atoms with Crippen LogP contribution >= 0.6 is 0 Å². The Morgan fingerprint density at radius 1 is 1.05 bits per heavy atom. The zero-order valence-electron chi connectivity index (χ0n) is 12.4. The second kappa shape index (κ2) is 8.54. The quantitative estimate of drug-likeness (QED) is 0.490. The standard InChI is InChI=1S/C16H26GeO2/c1-4-7-11-14-19-17(5-2,6-3)16(18)15-12-9-8-10-13-15/h8-10,12-13H,4-7,11,14H2,1-3H3. The molecule has 1 rings (SSSR count). The molecule has 0 aliphatic heterocycles. The van der Waals surface area contributed by atoms with Crippen LogP contribution in [-0.2, 0) is 3.76 Å². The van der Waals surface area contributed by atoms with Crippen LogP contribution in [0.3, 0.4) is 0 Å². The maximum atomic E-state index is 12.8. The zero-order valence-corrected chi connectivity index (χ0v) is 14.5. The van der Waals surface area contributed by atoms with Crippen LogP contribution in [-0.4, -0.2) is 24.8 Å². The summed E-state index contributed by atoms with van der Waals surface area (Å²) in [5, 5.41) is 1.83. The molecule has 0 N–H and O–H groups in total. The fraction of sp³-hybridized carbons (Fsp3) is 0.562. The van der Waals surface area contributed by atoms with Crippen LogP contribution < -0.4 is 0 Å². The molecule has 0 amide bonds. The second-order valence-electron chi connectivity index (χ2n) is 4.95. The van der Waals surface area contributed by atoms with E-state index >= 15 is 0 Å². The van der Waals surface area contributed by atoms with Gasteiger partial charge in [-0.1, -0.05) is 0 Å². The van der Waals surface area contributed by atoms with Crippen LogP contribution in [0.1, 0.15) is 50.4 Å². The Bertz CT molecular complexity index is 372. The molecule has 0 spiro atoms. The van der Waals surface area contributed by atoms with E-state index in [9.17, 15) is 4.79 Å². The van der Waals surface area contributed by atoms with Gasteiger partial charge in [0.15, 0.2) is 0 Å². The maximum absolute atomic E-state index is 12.8. The first-order chi connectivity index (χ1) is 9.20. The third-order valence-electron chi connectivity index (χ3n) is 3.72. The van der Waals surface area contributed by atoms with E-state index in [-0.39, 0.29) is 0 Å². The number of carbonyl (C=O) groups excluding carboxylic acids is 1. The molecule has 0 unspecified atom stereocenters. The normalized spacial score (nSPS) is 11.5. The molecule has 2 nitrogen and oxygen atoms in total. The molecule has 0 saturated heterocycles. The summed E-state index contributed by atoms with van der Waals surface area (Å²) >= 11 is -2.85. The van der Waals surface area contributed by atoms with Gasteiger partial charge in [-0.25, -0.2) is 0 Å². The van der Waals surface area contributed by atoms with Gasteiger partial charge in [-0.3, -0.25) is 0 Å². The van der Waals surface area contributed by atoms with Crippen molar-refractivity contribution in [1.82, 2.24) is 0 Å². The number of hydrogen-bond donors (Lipinski definition) is 0. The number of unbranched alkanes of at least 4 members (excludes halogenated alkanes) is 2. The average molecular weight is 323 g/mol. The first-order valence-corrected chi connectivity index (χ1v) is 12.3. The van der Waals surface area contributed by atoms with Gasteiger partial charge in [0.25, 0.3) is 0 Å². The molecule has 1 aromatic carbocycles. The SMILES string of the molecule is CCCCC[O][Ge]([CH2]C)([CH2]C)[C](=O)c1ccccc1. The third kappa shape index (κ3) is 4.46. The molecule has 0 atom stereocenters. The van der Waals surface area contributed by atoms with Crippen molar-refractivity contribution in [3.05, 3.63) is 35.9 Å². The monoisotopic (exact) mass is 324 g/mol. The Labute approximate surface area is 120 Å². The van der Waals surface area contributed by atoms with Gasteiger partial charge in [-0.05, 0) is 0 Å². The van der Waals surface area contributed by atoms with Crippen molar-refractivity contribution in [3.63, 3.8) is 0 Å². The summed E-state index contributed by atoms with van der Waals surface area (Å²) < 4.78 is 6.49. The van der Waals surface area contributed by atoms with Gasteiger partial charge in [-0.15, -0.1) is 0 Å². The summed E-state index contributed by atoms with van der Waals surface area (Å²) in [7, 11) is 0. The van der Waals surface area contributed by atoms with Crippen LogP contribution in [0.4, 0.5) is 0 Å². The minimum absolute atomic E-state index is 0.307. The fourth-order valence-electron chi connectivity index (χ4n) is 2.31. The van der Waals surface area contributed by atoms with Crippen LogP contribution in [0.5, 0.6) is 0 Å². The van der Waals surface area contributed by atoms with Crippen molar-refractivity contribution in [2.75, 3.05) is 6.61 Å². The van der Waals surface area contributed by atoms with Crippen molar-refractivity contribution < 1.29 is 8.56 Å². The summed E-state index contributed by atoms with van der Waals surface area (Å²) in [4.78, 5) is 12.8. The summed E-state index contributed by atoms with van der Waals surface area (Å²) in [6.45, 7) is 7.17. The molecule has 0 aromatic heterocycles. The average Bonchev–Trinajstić information content (AvgIpc) is 2.48. The number of rotatable bonds is 9. The van der Waals surface area contributed by atoms with E-state index in [1.807, 2.05) is 30.3 Å². The zero-order chi connectivity index (χ0) is 14.1. The Morgan fingerprint density at radius 3 is 2.21 bits per heavy atom. The van der Waals surface area contributed by atoms with Gasteiger partial charge >= 0.3 is 120 Å². The number of benzene rings is 1. The molecule has 1 aromatic rings. The van der Waals surface area contributed by atoms with E-state index in [1.54, 1.807) is 0 Å². The topological polar surface area (TPSA) is 26.3 Å². The Balaban J connectivity index is 2.77. The van der Waals surface area contributed by atoms with Crippen LogP contribution in [0.25, 0.3) is 0 Å². The van der Waals surface area contributed by atoms with Gasteiger partial charge in [0.1, 0.15) is 0 Å². The predicted molar refractivity (Wildman–Crippen MR) is 83.0 cm³/mol. The molecule has 0 aliphatic rings. The molecule has 0 saturated carbocycles. The van der Waals surface area contributed by atoms with Gasteiger partial charge in [0.05, 0.1) is 0 Å². The molecule has 0 heterocycles. The van der Waals surface area contributed by atoms with Crippen LogP contribution in [0, 0.1) is 0 Å². The van der Waals surface area contributed by atoms with Crippen LogP contribution in [0.15, 0.2) is 30.3 Å². The van der Waals surface area contributed by atoms with Gasteiger partial charge in [0, 0.05) is 0 Å². The number of carbonyl (C=O) groups is 1. The Kier molecular flexibility index (Phi) is 7.39. The second-order valence-corrected chi connectivity index (χ2v) is 13.6. The molecular formula is C16H26GeO2. The summed E-state index contributed by atoms with van der Waals surface area (Å²) in [5.41, 5.74) is 0.835. The van der Waals surface area contributed by atoms with Crippen molar-refractivity contribution in [2.45, 2.75) is 50.5 Å². The van der Waals surface area contributed by atoms with Crippen molar-refractivity contribution >= 4 is 18.2 Å². The van der Waals surface area contributed by atoms with E-state index in [2.05, 4.69) is 20.8 Å². The third-order valence-corrected chi connectivity index (χ3v) is 12.4. The molecule has 0 radical (unpaired) electrons. The molecule has 0 bridgehead atoms. The van der Waals surface area contributed by atoms with Crippen LogP contribution in [0.2, 0.25) is 10.5 Å². The molecule has 0 aliphatic carbocycles. The van der Waals surface area contributed by atoms with Crippen molar-refractivity contribution in [2.24, 2.45) is 0 Å². The van der Waals surface area contributed by atoms with Gasteiger partial charge < -0.3 is 0 Å². The summed E-state index contributed by atoms with van der Waals surface area (Å²) in [5.74, 6) is 0.